The van der Waals surface area contributed by atoms with E-state index >= 15 is 0 Å². The molecule has 0 aromatic heterocycles. The molecule has 0 aliphatic rings. The van der Waals surface area contributed by atoms with Crippen LogP contribution in [0.25, 0.3) is 0 Å². The van der Waals surface area contributed by atoms with Crippen LogP contribution in [0, 0.1) is 0 Å². The Hall–Kier alpha value is -2.69. The van der Waals surface area contributed by atoms with Crippen LogP contribution in [0.5, 0.6) is 0 Å². The summed E-state index contributed by atoms with van der Waals surface area (Å²) in [4.78, 5) is 64.5. The van der Waals surface area contributed by atoms with E-state index < -0.39 is 53.8 Å². The van der Waals surface area contributed by atoms with Gasteiger partial charge in [-0.1, -0.05) is 6.42 Å². The van der Waals surface area contributed by atoms with Gasteiger partial charge < -0.3 is 55.7 Å². The number of hydrogen-bond donors (Lipinski definition) is 10. The van der Waals surface area contributed by atoms with Gasteiger partial charge in [-0.3, -0.25) is 24.0 Å². The predicted molar refractivity (Wildman–Crippen MR) is 176 cm³/mol. The summed E-state index contributed by atoms with van der Waals surface area (Å²) in [5.74, 6) is -2.09. The van der Waals surface area contributed by atoms with Crippen molar-refractivity contribution >= 4 is 29.9 Å². The highest BCUT2D eigenvalue weighted by molar-refractivity contribution is 5.95. The van der Waals surface area contributed by atoms with Crippen LogP contribution in [0.15, 0.2) is 0 Å². The van der Waals surface area contributed by atoms with E-state index in [-0.39, 0.29) is 12.8 Å². The highest BCUT2D eigenvalue weighted by Crippen LogP contribution is 2.09. The summed E-state index contributed by atoms with van der Waals surface area (Å²) in [7, 11) is 0. The van der Waals surface area contributed by atoms with E-state index in [1.165, 1.54) is 0 Å². The Balaban J connectivity index is 5.79. The van der Waals surface area contributed by atoms with Gasteiger partial charge >= 0.3 is 0 Å². The number of unbranched alkanes of at least 4 members (excludes halogenated alkanes) is 5. The molecule has 1 radical (unpaired) electrons. The average molecular weight is 642 g/mol. The number of nitrogens with two attached hydrogens (primary N) is 6. The van der Waals surface area contributed by atoms with Gasteiger partial charge in [0.2, 0.25) is 29.9 Å². The quantitative estimate of drug-likeness (QED) is 0.0399. The van der Waals surface area contributed by atoms with E-state index in [4.69, 9.17) is 34.4 Å². The first kappa shape index (κ1) is 42.3. The molecule has 5 atom stereocenters. The first-order valence-electron chi connectivity index (χ1n) is 16.5. The zero-order chi connectivity index (χ0) is 33.9. The smallest absolute Gasteiger partial charge is 0.243 e. The molecule has 45 heavy (non-hydrogen) atoms. The monoisotopic (exact) mass is 641 g/mol. The van der Waals surface area contributed by atoms with E-state index in [1.807, 2.05) is 6.29 Å². The lowest BCUT2D eigenvalue weighted by Gasteiger charge is -2.26. The molecule has 16 N–H and O–H groups in total. The van der Waals surface area contributed by atoms with Gasteiger partial charge in [0.15, 0.2) is 0 Å². The highest BCUT2D eigenvalue weighted by Gasteiger charge is 2.30. The fraction of sp³-hybridized carbons (Fsp3) is 0.833. The average Bonchev–Trinajstić information content (AvgIpc) is 3.02. The van der Waals surface area contributed by atoms with Crippen molar-refractivity contribution in [1.29, 1.82) is 0 Å². The number of rotatable bonds is 29. The van der Waals surface area contributed by atoms with Gasteiger partial charge in [0.25, 0.3) is 0 Å². The third kappa shape index (κ3) is 20.1. The fourth-order valence-corrected chi connectivity index (χ4v) is 4.67. The van der Waals surface area contributed by atoms with Crippen molar-refractivity contribution in [2.75, 3.05) is 32.7 Å². The summed E-state index contributed by atoms with van der Waals surface area (Å²) in [6.07, 6.45) is 9.81. The fourth-order valence-electron chi connectivity index (χ4n) is 4.67. The van der Waals surface area contributed by atoms with Crippen molar-refractivity contribution in [3.05, 3.63) is 0 Å². The van der Waals surface area contributed by atoms with Gasteiger partial charge in [-0.2, -0.15) is 0 Å². The summed E-state index contributed by atoms with van der Waals surface area (Å²) in [5, 5.41) is 10.9. The van der Waals surface area contributed by atoms with E-state index in [1.54, 1.807) is 0 Å². The molecule has 4 amide bonds. The normalized spacial score (nSPS) is 14.4. The van der Waals surface area contributed by atoms with Gasteiger partial charge in [0, 0.05) is 0 Å². The number of hydrogen-bond acceptors (Lipinski definition) is 11. The van der Waals surface area contributed by atoms with Gasteiger partial charge in [0.1, 0.15) is 18.1 Å². The van der Waals surface area contributed by atoms with Gasteiger partial charge in [0.05, 0.1) is 12.1 Å². The van der Waals surface area contributed by atoms with Crippen LogP contribution in [0.2, 0.25) is 0 Å². The summed E-state index contributed by atoms with van der Waals surface area (Å²) >= 11 is 0. The van der Waals surface area contributed by atoms with E-state index in [0.717, 1.165) is 6.42 Å². The lowest BCUT2D eigenvalue weighted by molar-refractivity contribution is -0.134. The molecule has 15 heteroatoms. The molecule has 15 nitrogen and oxygen atoms in total. The van der Waals surface area contributed by atoms with Crippen molar-refractivity contribution < 1.29 is 24.0 Å². The number of carbonyl (C=O) groups is 4. The SMILES string of the molecule is NCCCCC([C]=O)NC(=O)C(CCCCN)NC(=O)C(CCCCN)NC(=O)C(CCCCN)NC(=O)C(N)CCCCN. The topological polar surface area (TPSA) is 290 Å². The Morgan fingerprint density at radius 1 is 0.444 bits per heavy atom. The number of carbonyl (C=O) groups excluding carboxylic acids is 5. The Bertz CT molecular complexity index is 835. The van der Waals surface area contributed by atoms with Gasteiger partial charge in [-0.25, -0.2) is 0 Å². The Morgan fingerprint density at radius 2 is 0.756 bits per heavy atom. The molecule has 0 rings (SSSR count). The Kier molecular flexibility index (Phi) is 26.0. The molecule has 261 valence electrons. The number of nitrogens with one attached hydrogen (secondary N) is 4. The van der Waals surface area contributed by atoms with Crippen molar-refractivity contribution in [2.45, 2.75) is 127 Å². The van der Waals surface area contributed by atoms with Crippen LogP contribution in [-0.4, -0.2) is 92.8 Å². The Labute approximate surface area is 268 Å². The first-order valence-corrected chi connectivity index (χ1v) is 16.5. The first-order chi connectivity index (χ1) is 21.7. The number of amides is 4. The van der Waals surface area contributed by atoms with Gasteiger partial charge in [-0.15, -0.1) is 0 Å². The van der Waals surface area contributed by atoms with Crippen molar-refractivity contribution in [1.82, 2.24) is 21.3 Å². The molecular weight excluding hydrogens is 580 g/mol. The molecule has 0 fully saturated rings. The molecule has 0 aliphatic carbocycles. The van der Waals surface area contributed by atoms with E-state index in [2.05, 4.69) is 21.3 Å². The largest absolute Gasteiger partial charge is 0.344 e. The van der Waals surface area contributed by atoms with Crippen LogP contribution >= 0.6 is 0 Å². The summed E-state index contributed by atoms with van der Waals surface area (Å²) in [6, 6.07) is -4.54. The molecule has 0 aromatic rings. The molecule has 0 bridgehead atoms. The van der Waals surface area contributed by atoms with Crippen LogP contribution in [0.4, 0.5) is 0 Å². The van der Waals surface area contributed by atoms with Crippen molar-refractivity contribution in [3.63, 3.8) is 0 Å². The molecule has 0 aromatic carbocycles. The maximum Gasteiger partial charge on any atom is 0.243 e. The second kappa shape index (κ2) is 27.6. The van der Waals surface area contributed by atoms with E-state index in [9.17, 15) is 24.0 Å². The maximum atomic E-state index is 13.6. The second-order valence-corrected chi connectivity index (χ2v) is 11.4. The third-order valence-electron chi connectivity index (χ3n) is 7.45. The molecule has 0 saturated heterocycles. The van der Waals surface area contributed by atoms with Crippen molar-refractivity contribution in [2.24, 2.45) is 34.4 Å². The minimum Gasteiger partial charge on any atom is -0.344 e. The summed E-state index contributed by atoms with van der Waals surface area (Å²) in [6.45, 7) is 2.20. The molecule has 5 unspecified atom stereocenters. The lowest BCUT2D eigenvalue weighted by atomic mass is 10.0. The zero-order valence-electron chi connectivity index (χ0n) is 27.0. The molecular formula is C30H61N10O5. The maximum absolute atomic E-state index is 13.6. The van der Waals surface area contributed by atoms with Gasteiger partial charge in [-0.05, 0) is 123 Å². The third-order valence-corrected chi connectivity index (χ3v) is 7.45. The molecule has 0 spiro atoms. The minimum absolute atomic E-state index is 0.262. The summed E-state index contributed by atoms with van der Waals surface area (Å²) in [5.41, 5.74) is 34.0. The minimum atomic E-state index is -1.00. The predicted octanol–water partition coefficient (Wildman–Crippen LogP) is -1.99. The van der Waals surface area contributed by atoms with E-state index in [0.29, 0.717) is 110 Å². The second-order valence-electron chi connectivity index (χ2n) is 11.4. The van der Waals surface area contributed by atoms with Crippen LogP contribution in [0.3, 0.4) is 0 Å². The lowest BCUT2D eigenvalue weighted by Crippen LogP contribution is -2.58. The molecule has 0 aliphatic heterocycles. The van der Waals surface area contributed by atoms with Crippen LogP contribution < -0.4 is 55.7 Å². The van der Waals surface area contributed by atoms with Crippen LogP contribution in [-0.2, 0) is 24.0 Å². The van der Waals surface area contributed by atoms with Crippen molar-refractivity contribution in [3.8, 4) is 0 Å². The Morgan fingerprint density at radius 3 is 1.11 bits per heavy atom. The molecule has 0 saturated carbocycles. The molecule has 0 heterocycles. The van der Waals surface area contributed by atoms with Crippen LogP contribution in [0.1, 0.15) is 96.3 Å². The zero-order valence-corrected chi connectivity index (χ0v) is 27.0. The standard InChI is InChI=1S/C30H61N10O5/c31-16-6-1-11-22(21-41)37-28(43)24(13-3-8-18-33)39-30(45)26(15-5-10-20-35)40-29(44)25(14-4-9-19-34)38-27(42)23(36)12-2-7-17-32/h22-26H,1-20,31-36H2,(H,37,43)(H,38,42)(H,39,45)(H,40,44). The highest BCUT2D eigenvalue weighted by atomic mass is 16.2. The summed E-state index contributed by atoms with van der Waals surface area (Å²) < 4.78 is 0.